The summed E-state index contributed by atoms with van der Waals surface area (Å²) < 4.78 is 55.0. The van der Waals surface area contributed by atoms with Gasteiger partial charge in [-0.25, -0.2) is 18.4 Å². The molecular weight excluding hydrogens is 615 g/mol. The molecule has 8 nitrogen and oxygen atoms in total. The van der Waals surface area contributed by atoms with Gasteiger partial charge in [-0.3, -0.25) is 8.86 Å². The van der Waals surface area contributed by atoms with Gasteiger partial charge in [-0.15, -0.1) is 0 Å². The Balaban J connectivity index is 1.59. The van der Waals surface area contributed by atoms with Crippen LogP contribution in [-0.2, 0) is 27.2 Å². The summed E-state index contributed by atoms with van der Waals surface area (Å²) in [5, 5.41) is 0.0781. The molecule has 0 spiro atoms. The van der Waals surface area contributed by atoms with Crippen molar-refractivity contribution in [1.29, 1.82) is 0 Å². The molecule has 4 rings (SSSR count). The number of carbonyl (C=O) groups is 1. The van der Waals surface area contributed by atoms with Gasteiger partial charge in [-0.05, 0) is 97.4 Å². The van der Waals surface area contributed by atoms with E-state index in [2.05, 4.69) is 20.9 Å². The number of benzene rings is 2. The van der Waals surface area contributed by atoms with Crippen LogP contribution in [-0.4, -0.2) is 31.9 Å². The van der Waals surface area contributed by atoms with Crippen LogP contribution in [0.2, 0.25) is 5.02 Å². The van der Waals surface area contributed by atoms with Crippen molar-refractivity contribution in [3.05, 3.63) is 75.1 Å². The van der Waals surface area contributed by atoms with Crippen LogP contribution in [0.1, 0.15) is 50.8 Å². The number of carbonyl (C=O) groups excluding carboxylic acids is 1. The van der Waals surface area contributed by atoms with Crippen LogP contribution in [0.15, 0.2) is 53.1 Å². The fourth-order valence-corrected chi connectivity index (χ4v) is 5.67. The zero-order valence-corrected chi connectivity index (χ0v) is 24.6. The number of fused-ring (bicyclic) bond motifs is 1. The maximum atomic E-state index is 13.4. The smallest absolute Gasteiger partial charge is 0.344 e. The fraction of sp³-hybridized carbons (Fsp3) is 0.333. The molecule has 0 aliphatic heterocycles. The Morgan fingerprint density at radius 3 is 2.69 bits per heavy atom. The van der Waals surface area contributed by atoms with E-state index < -0.39 is 34.7 Å². The minimum Gasteiger partial charge on any atom is -0.482 e. The third-order valence-electron chi connectivity index (χ3n) is 5.80. The first kappa shape index (κ1) is 29.3. The van der Waals surface area contributed by atoms with E-state index in [0.29, 0.717) is 28.8 Å². The minimum absolute atomic E-state index is 0.0781. The summed E-state index contributed by atoms with van der Waals surface area (Å²) in [5.41, 5.74) is 1.44. The number of anilines is 1. The fourth-order valence-electron chi connectivity index (χ4n) is 4.33. The first-order valence-corrected chi connectivity index (χ1v) is 14.3. The topological polar surface area (TPSA) is 98.2 Å². The molecule has 2 aromatic carbocycles. The second kappa shape index (κ2) is 12.2. The highest BCUT2D eigenvalue weighted by molar-refractivity contribution is 9.10. The number of hydrogen-bond donors (Lipinski definition) is 1. The van der Waals surface area contributed by atoms with Gasteiger partial charge in [0.25, 0.3) is 11.3 Å². The molecule has 3 aromatic rings. The number of rotatable bonds is 8. The Bertz CT molecular complexity index is 1400. The van der Waals surface area contributed by atoms with Crippen molar-refractivity contribution in [2.75, 3.05) is 10.9 Å². The number of halogens is 3. The van der Waals surface area contributed by atoms with Gasteiger partial charge in [0.1, 0.15) is 22.9 Å². The molecule has 39 heavy (non-hydrogen) atoms. The predicted molar refractivity (Wildman–Crippen MR) is 150 cm³/mol. The maximum Gasteiger partial charge on any atom is 0.344 e. The highest BCUT2D eigenvalue weighted by Crippen LogP contribution is 2.42. The zero-order valence-electron chi connectivity index (χ0n) is 21.4. The Morgan fingerprint density at radius 2 is 2.03 bits per heavy atom. The molecule has 2 unspecified atom stereocenters. The van der Waals surface area contributed by atoms with E-state index in [1.807, 2.05) is 6.07 Å². The molecule has 0 saturated heterocycles. The van der Waals surface area contributed by atoms with E-state index in [-0.39, 0.29) is 23.3 Å². The minimum atomic E-state index is -2.39. The normalized spacial score (nSPS) is 15.7. The van der Waals surface area contributed by atoms with Crippen LogP contribution >= 0.6 is 27.5 Å². The third kappa shape index (κ3) is 7.27. The number of hydrogen-bond acceptors (Lipinski definition) is 6. The molecule has 0 amide bonds. The van der Waals surface area contributed by atoms with E-state index in [0.717, 1.165) is 23.6 Å². The van der Waals surface area contributed by atoms with Gasteiger partial charge >= 0.3 is 5.97 Å². The van der Waals surface area contributed by atoms with Gasteiger partial charge in [-0.1, -0.05) is 23.7 Å². The monoisotopic (exact) mass is 640 g/mol. The van der Waals surface area contributed by atoms with Gasteiger partial charge in [0, 0.05) is 0 Å². The van der Waals surface area contributed by atoms with Crippen molar-refractivity contribution >= 4 is 50.5 Å². The lowest BCUT2D eigenvalue weighted by Gasteiger charge is -2.35. The first-order chi connectivity index (χ1) is 18.4. The van der Waals surface area contributed by atoms with Crippen molar-refractivity contribution in [2.45, 2.75) is 51.7 Å². The van der Waals surface area contributed by atoms with E-state index in [9.17, 15) is 17.9 Å². The van der Waals surface area contributed by atoms with E-state index in [1.54, 1.807) is 39.0 Å². The van der Waals surface area contributed by atoms with Crippen molar-refractivity contribution < 1.29 is 32.2 Å². The summed E-state index contributed by atoms with van der Waals surface area (Å²) in [5.74, 6) is -0.0850. The van der Waals surface area contributed by atoms with Crippen molar-refractivity contribution in [1.82, 2.24) is 4.98 Å². The summed E-state index contributed by atoms with van der Waals surface area (Å²) in [6, 6.07) is 10.3. The summed E-state index contributed by atoms with van der Waals surface area (Å²) >= 11 is 7.07. The van der Waals surface area contributed by atoms with Crippen molar-refractivity contribution in [2.24, 2.45) is 0 Å². The zero-order chi connectivity index (χ0) is 28.3. The lowest BCUT2D eigenvalue weighted by Crippen LogP contribution is -2.33. The Kier molecular flexibility index (Phi) is 9.15. The average Bonchev–Trinajstić information content (AvgIpc) is 2.85. The SMILES string of the molecule is CC(C)(C)OC(=O)COc1cccc2c1CCCC2N(c1cnc(Oc2ccc(F)cc2Cl)c(Br)c1)S(=O)O. The lowest BCUT2D eigenvalue weighted by molar-refractivity contribution is -0.157. The van der Waals surface area contributed by atoms with Gasteiger partial charge in [0.2, 0.25) is 5.88 Å². The average molecular weight is 642 g/mol. The highest BCUT2D eigenvalue weighted by atomic mass is 79.9. The quantitative estimate of drug-likeness (QED) is 0.206. The molecular formula is C27H27BrClFN2O6S. The van der Waals surface area contributed by atoms with Crippen LogP contribution in [0.25, 0.3) is 0 Å². The second-order valence-electron chi connectivity index (χ2n) is 9.82. The molecule has 1 aliphatic rings. The maximum absolute atomic E-state index is 13.4. The molecule has 0 radical (unpaired) electrons. The Labute approximate surface area is 242 Å². The molecule has 0 bridgehead atoms. The number of nitrogens with zero attached hydrogens (tertiary/aromatic N) is 2. The molecule has 1 aromatic heterocycles. The van der Waals surface area contributed by atoms with Crippen LogP contribution < -0.4 is 13.8 Å². The summed E-state index contributed by atoms with van der Waals surface area (Å²) in [4.78, 5) is 16.5. The number of ether oxygens (including phenoxy) is 3. The number of pyridine rings is 1. The molecule has 1 heterocycles. The predicted octanol–water partition coefficient (Wildman–Crippen LogP) is 7.17. The summed E-state index contributed by atoms with van der Waals surface area (Å²) in [7, 11) is 0. The van der Waals surface area contributed by atoms with Gasteiger partial charge in [0.05, 0.1) is 27.4 Å². The molecule has 208 valence electrons. The van der Waals surface area contributed by atoms with Crippen molar-refractivity contribution in [3.8, 4) is 17.4 Å². The Hall–Kier alpha value is -2.73. The van der Waals surface area contributed by atoms with E-state index in [1.165, 1.54) is 22.6 Å². The molecule has 2 atom stereocenters. The molecule has 1 aliphatic carbocycles. The number of esters is 1. The summed E-state index contributed by atoms with van der Waals surface area (Å²) in [6.45, 7) is 5.11. The van der Waals surface area contributed by atoms with Crippen LogP contribution in [0.3, 0.4) is 0 Å². The highest BCUT2D eigenvalue weighted by Gasteiger charge is 2.32. The van der Waals surface area contributed by atoms with Gasteiger partial charge in [-0.2, -0.15) is 0 Å². The standard InChI is InChI=1S/C27H27BrClFN2O6S/c1-27(2,3)38-25(33)15-36-23-9-5-6-18-19(23)7-4-8-22(18)32(39(34)35)17-13-20(28)26(31-14-17)37-24-11-10-16(30)12-21(24)29/h5-6,9-14,22H,4,7-8,15H2,1-3H3,(H,34,35). The first-order valence-electron chi connectivity index (χ1n) is 12.1. The second-order valence-corrected chi connectivity index (χ2v) is 11.9. The summed E-state index contributed by atoms with van der Waals surface area (Å²) in [6.07, 6.45) is 3.45. The van der Waals surface area contributed by atoms with Crippen LogP contribution in [0.4, 0.5) is 10.1 Å². The van der Waals surface area contributed by atoms with Crippen LogP contribution in [0.5, 0.6) is 17.4 Å². The lowest BCUT2D eigenvalue weighted by atomic mass is 9.87. The largest absolute Gasteiger partial charge is 0.482 e. The molecule has 0 saturated carbocycles. The van der Waals surface area contributed by atoms with Crippen molar-refractivity contribution in [3.63, 3.8) is 0 Å². The molecule has 12 heteroatoms. The van der Waals surface area contributed by atoms with E-state index in [4.69, 9.17) is 25.8 Å². The van der Waals surface area contributed by atoms with Gasteiger partial charge in [0.15, 0.2) is 6.61 Å². The Morgan fingerprint density at radius 1 is 1.26 bits per heavy atom. The van der Waals surface area contributed by atoms with Crippen LogP contribution in [0, 0.1) is 5.82 Å². The third-order valence-corrected chi connectivity index (χ3v) is 7.46. The molecule has 1 N–H and O–H groups in total. The molecule has 0 fully saturated rings. The van der Waals surface area contributed by atoms with Gasteiger partial charge < -0.3 is 14.2 Å². The van der Waals surface area contributed by atoms with E-state index >= 15 is 0 Å². The number of aromatic nitrogens is 1.